The molecule has 25 heavy (non-hydrogen) atoms. The van der Waals surface area contributed by atoms with Gasteiger partial charge in [0.2, 0.25) is 0 Å². The molecule has 0 fully saturated rings. The Morgan fingerprint density at radius 3 is 2.48 bits per heavy atom. The van der Waals surface area contributed by atoms with Crippen LogP contribution >= 0.6 is 15.9 Å². The Labute approximate surface area is 154 Å². The number of nitrogens with zero attached hydrogens (tertiary/aromatic N) is 1. The number of aromatic nitrogens is 1. The Morgan fingerprint density at radius 1 is 0.920 bits per heavy atom. The Kier molecular flexibility index (Phi) is 4.06. The van der Waals surface area contributed by atoms with E-state index in [1.807, 2.05) is 30.5 Å². The number of fused-ring (bicyclic) bond motifs is 3. The first-order valence-electron chi connectivity index (χ1n) is 8.19. The molecule has 0 aliphatic carbocycles. The fourth-order valence-electron chi connectivity index (χ4n) is 3.44. The van der Waals surface area contributed by atoms with Gasteiger partial charge in [-0.25, -0.2) is 0 Å². The molecule has 1 aromatic heterocycles. The number of rotatable bonds is 3. The summed E-state index contributed by atoms with van der Waals surface area (Å²) < 4.78 is 0. The highest BCUT2D eigenvalue weighted by molar-refractivity contribution is 9.09. The molecule has 0 radical (unpaired) electrons. The van der Waals surface area contributed by atoms with Crippen LogP contribution in [0.2, 0.25) is 0 Å². The van der Waals surface area contributed by atoms with Gasteiger partial charge in [-0.05, 0) is 52.8 Å². The van der Waals surface area contributed by atoms with Crippen LogP contribution in [0.25, 0.3) is 32.8 Å². The Balaban J connectivity index is 2.19. The first-order valence-corrected chi connectivity index (χ1v) is 9.32. The molecule has 0 unspecified atom stereocenters. The third kappa shape index (κ3) is 2.72. The van der Waals surface area contributed by atoms with Crippen LogP contribution in [0, 0.1) is 0 Å². The number of pyridine rings is 1. The molecule has 0 saturated carbocycles. The zero-order chi connectivity index (χ0) is 17.4. The van der Waals surface area contributed by atoms with E-state index in [4.69, 9.17) is 11.5 Å². The van der Waals surface area contributed by atoms with Gasteiger partial charge in [-0.3, -0.25) is 4.98 Å². The van der Waals surface area contributed by atoms with Crippen LogP contribution in [0.5, 0.6) is 0 Å². The summed E-state index contributed by atoms with van der Waals surface area (Å²) in [5, 5.41) is 4.06. The highest BCUT2D eigenvalue weighted by Crippen LogP contribution is 2.38. The lowest BCUT2D eigenvalue weighted by Gasteiger charge is -2.17. The van der Waals surface area contributed by atoms with Crippen molar-refractivity contribution < 1.29 is 0 Å². The van der Waals surface area contributed by atoms with E-state index in [1.165, 1.54) is 16.7 Å². The summed E-state index contributed by atoms with van der Waals surface area (Å²) in [4.78, 5) is 4.57. The summed E-state index contributed by atoms with van der Waals surface area (Å²) in [6.45, 7) is 0. The summed E-state index contributed by atoms with van der Waals surface area (Å²) in [5.41, 5.74) is 18.5. The highest BCUT2D eigenvalue weighted by atomic mass is 79.9. The van der Waals surface area contributed by atoms with Crippen molar-refractivity contribution in [2.45, 2.75) is 6.42 Å². The van der Waals surface area contributed by atoms with Crippen LogP contribution < -0.4 is 11.5 Å². The van der Waals surface area contributed by atoms with Crippen molar-refractivity contribution in [2.75, 3.05) is 16.8 Å². The topological polar surface area (TPSA) is 64.9 Å². The molecule has 124 valence electrons. The van der Waals surface area contributed by atoms with Gasteiger partial charge in [0.1, 0.15) is 0 Å². The molecule has 0 saturated heterocycles. The second-order valence-corrected chi connectivity index (χ2v) is 6.91. The molecule has 3 nitrogen and oxygen atoms in total. The minimum absolute atomic E-state index is 0.732. The maximum absolute atomic E-state index is 6.41. The fourth-order valence-corrected chi connectivity index (χ4v) is 3.84. The maximum atomic E-state index is 6.41. The number of anilines is 2. The van der Waals surface area contributed by atoms with Gasteiger partial charge in [0.15, 0.2) is 0 Å². The quantitative estimate of drug-likeness (QED) is 0.288. The van der Waals surface area contributed by atoms with Gasteiger partial charge in [-0.15, -0.1) is 0 Å². The van der Waals surface area contributed by atoms with Crippen LogP contribution in [0.3, 0.4) is 0 Å². The van der Waals surface area contributed by atoms with E-state index in [0.29, 0.717) is 0 Å². The number of aryl methyl sites for hydroxylation is 1. The number of hydrogen-bond donors (Lipinski definition) is 2. The largest absolute Gasteiger partial charge is 0.399 e. The Bertz CT molecular complexity index is 1070. The zero-order valence-electron chi connectivity index (χ0n) is 13.7. The predicted octanol–water partition coefficient (Wildman–Crippen LogP) is 5.16. The van der Waals surface area contributed by atoms with E-state index < -0.39 is 0 Å². The van der Waals surface area contributed by atoms with Crippen molar-refractivity contribution in [3.8, 4) is 11.1 Å². The molecule has 3 aromatic carbocycles. The number of hydrogen-bond acceptors (Lipinski definition) is 3. The fraction of sp³-hybridized carbons (Fsp3) is 0.0952. The third-order valence-electron chi connectivity index (χ3n) is 4.56. The van der Waals surface area contributed by atoms with E-state index in [0.717, 1.165) is 44.8 Å². The zero-order valence-corrected chi connectivity index (χ0v) is 15.3. The molecule has 0 spiro atoms. The lowest BCUT2D eigenvalue weighted by atomic mass is 9.90. The van der Waals surface area contributed by atoms with E-state index in [9.17, 15) is 0 Å². The Morgan fingerprint density at radius 2 is 1.72 bits per heavy atom. The number of nitrogen functional groups attached to an aromatic ring is 2. The van der Waals surface area contributed by atoms with Gasteiger partial charge < -0.3 is 11.5 Å². The molecular formula is C21H18BrN3. The molecular weight excluding hydrogens is 374 g/mol. The maximum Gasteiger partial charge on any atom is 0.0710 e. The number of alkyl halides is 1. The van der Waals surface area contributed by atoms with Gasteiger partial charge in [0.05, 0.1) is 5.52 Å². The molecule has 0 atom stereocenters. The third-order valence-corrected chi connectivity index (χ3v) is 4.96. The normalized spacial score (nSPS) is 11.2. The summed E-state index contributed by atoms with van der Waals surface area (Å²) in [5.74, 6) is 0. The molecule has 0 aliphatic rings. The van der Waals surface area contributed by atoms with Crippen LogP contribution in [-0.2, 0) is 6.42 Å². The summed E-state index contributed by atoms with van der Waals surface area (Å²) in [6.07, 6.45) is 2.77. The van der Waals surface area contributed by atoms with E-state index in [-0.39, 0.29) is 0 Å². The van der Waals surface area contributed by atoms with Gasteiger partial charge >= 0.3 is 0 Å². The molecule has 1 heterocycles. The van der Waals surface area contributed by atoms with Crippen molar-refractivity contribution >= 4 is 49.0 Å². The van der Waals surface area contributed by atoms with Gasteiger partial charge in [0, 0.05) is 33.7 Å². The predicted molar refractivity (Wildman–Crippen MR) is 111 cm³/mol. The van der Waals surface area contributed by atoms with Crippen molar-refractivity contribution in [1.29, 1.82) is 0 Å². The van der Waals surface area contributed by atoms with Crippen LogP contribution in [-0.4, -0.2) is 10.3 Å². The number of nitrogens with two attached hydrogens (primary N) is 2. The second kappa shape index (κ2) is 6.37. The average molecular weight is 392 g/mol. The van der Waals surface area contributed by atoms with Gasteiger partial charge in [-0.1, -0.05) is 46.3 Å². The SMILES string of the molecule is Nc1ccc2ncc3c(N)cc(-c4ccccc4)c(CCBr)c3c2c1. The first kappa shape index (κ1) is 15.9. The summed E-state index contributed by atoms with van der Waals surface area (Å²) in [6, 6.07) is 18.3. The molecule has 4 rings (SSSR count). The average Bonchev–Trinajstić information content (AvgIpc) is 2.64. The summed E-state index contributed by atoms with van der Waals surface area (Å²) in [7, 11) is 0. The van der Waals surface area contributed by atoms with E-state index >= 15 is 0 Å². The van der Waals surface area contributed by atoms with Crippen LogP contribution in [0.1, 0.15) is 5.56 Å². The van der Waals surface area contributed by atoms with Crippen molar-refractivity contribution in [1.82, 2.24) is 4.98 Å². The number of benzene rings is 3. The second-order valence-electron chi connectivity index (χ2n) is 6.12. The standard InChI is InChI=1S/C21H18BrN3/c22-9-8-15-16(13-4-2-1-3-5-13)11-19(24)18-12-25-20-7-6-14(23)10-17(20)21(15)18/h1-7,10-12H,8-9,23-24H2. The van der Waals surface area contributed by atoms with E-state index in [1.54, 1.807) is 0 Å². The lowest BCUT2D eigenvalue weighted by molar-refractivity contribution is 1.19. The molecule has 0 bridgehead atoms. The minimum atomic E-state index is 0.732. The number of halogens is 1. The first-order chi connectivity index (χ1) is 12.2. The van der Waals surface area contributed by atoms with Crippen LogP contribution in [0.4, 0.5) is 11.4 Å². The van der Waals surface area contributed by atoms with Crippen LogP contribution in [0.15, 0.2) is 60.8 Å². The molecule has 4 aromatic rings. The monoisotopic (exact) mass is 391 g/mol. The highest BCUT2D eigenvalue weighted by Gasteiger charge is 2.15. The molecule has 0 amide bonds. The minimum Gasteiger partial charge on any atom is -0.399 e. The van der Waals surface area contributed by atoms with Crippen molar-refractivity contribution in [3.05, 3.63) is 66.4 Å². The van der Waals surface area contributed by atoms with Gasteiger partial charge in [-0.2, -0.15) is 0 Å². The van der Waals surface area contributed by atoms with E-state index in [2.05, 4.69) is 51.2 Å². The molecule has 0 aliphatic heterocycles. The van der Waals surface area contributed by atoms with Crippen molar-refractivity contribution in [2.24, 2.45) is 0 Å². The smallest absolute Gasteiger partial charge is 0.0710 e. The van der Waals surface area contributed by atoms with Gasteiger partial charge in [0.25, 0.3) is 0 Å². The molecule has 4 N–H and O–H groups in total. The lowest BCUT2D eigenvalue weighted by Crippen LogP contribution is -1.99. The van der Waals surface area contributed by atoms with Crippen molar-refractivity contribution in [3.63, 3.8) is 0 Å². The Hall–Kier alpha value is -2.59. The molecule has 4 heteroatoms. The summed E-state index contributed by atoms with van der Waals surface area (Å²) >= 11 is 3.60.